The Balaban J connectivity index is 2.03. The van der Waals surface area contributed by atoms with E-state index < -0.39 is 0 Å². The third-order valence-corrected chi connectivity index (χ3v) is 4.09. The SMILES string of the molecule is COCCNCc1c(F)cccc1N1CCC(CO)CC1. The third-order valence-electron chi connectivity index (χ3n) is 4.09. The molecule has 0 aromatic heterocycles. The molecule has 1 saturated heterocycles. The fraction of sp³-hybridized carbons (Fsp3) is 0.625. The normalized spacial score (nSPS) is 16.4. The Kier molecular flexibility index (Phi) is 6.42. The van der Waals surface area contributed by atoms with E-state index >= 15 is 0 Å². The van der Waals surface area contributed by atoms with Gasteiger partial charge in [-0.05, 0) is 30.9 Å². The number of benzene rings is 1. The Morgan fingerprint density at radius 2 is 2.14 bits per heavy atom. The predicted octanol–water partition coefficient (Wildman–Crippen LogP) is 1.77. The summed E-state index contributed by atoms with van der Waals surface area (Å²) in [5.41, 5.74) is 1.69. The number of rotatable bonds is 7. The Hall–Kier alpha value is -1.17. The minimum atomic E-state index is -0.165. The largest absolute Gasteiger partial charge is 0.396 e. The van der Waals surface area contributed by atoms with E-state index in [0.717, 1.165) is 37.2 Å². The second-order valence-corrected chi connectivity index (χ2v) is 5.52. The molecule has 21 heavy (non-hydrogen) atoms. The summed E-state index contributed by atoms with van der Waals surface area (Å²) in [6.07, 6.45) is 1.92. The van der Waals surface area contributed by atoms with Crippen molar-refractivity contribution in [2.75, 3.05) is 44.9 Å². The van der Waals surface area contributed by atoms with Crippen LogP contribution in [0.5, 0.6) is 0 Å². The molecule has 0 aliphatic carbocycles. The molecule has 0 unspecified atom stereocenters. The van der Waals surface area contributed by atoms with Crippen LogP contribution in [0, 0.1) is 11.7 Å². The highest BCUT2D eigenvalue weighted by atomic mass is 19.1. The van der Waals surface area contributed by atoms with Crippen molar-refractivity contribution in [1.29, 1.82) is 0 Å². The van der Waals surface area contributed by atoms with Crippen molar-refractivity contribution in [2.24, 2.45) is 5.92 Å². The monoisotopic (exact) mass is 296 g/mol. The van der Waals surface area contributed by atoms with Gasteiger partial charge >= 0.3 is 0 Å². The van der Waals surface area contributed by atoms with Gasteiger partial charge in [-0.2, -0.15) is 0 Å². The van der Waals surface area contributed by atoms with Gasteiger partial charge in [0.2, 0.25) is 0 Å². The fourth-order valence-corrected chi connectivity index (χ4v) is 2.76. The summed E-state index contributed by atoms with van der Waals surface area (Å²) >= 11 is 0. The van der Waals surface area contributed by atoms with Gasteiger partial charge in [-0.3, -0.25) is 0 Å². The Morgan fingerprint density at radius 1 is 1.38 bits per heavy atom. The second-order valence-electron chi connectivity index (χ2n) is 5.52. The molecular weight excluding hydrogens is 271 g/mol. The number of hydrogen-bond acceptors (Lipinski definition) is 4. The van der Waals surface area contributed by atoms with Crippen LogP contribution in [-0.4, -0.2) is 45.1 Å². The summed E-state index contributed by atoms with van der Waals surface area (Å²) in [6, 6.07) is 5.26. The number of anilines is 1. The van der Waals surface area contributed by atoms with Crippen molar-refractivity contribution in [3.63, 3.8) is 0 Å². The maximum absolute atomic E-state index is 14.1. The molecule has 0 spiro atoms. The quantitative estimate of drug-likeness (QED) is 0.753. The first-order valence-corrected chi connectivity index (χ1v) is 7.59. The lowest BCUT2D eigenvalue weighted by molar-refractivity contribution is 0.199. The molecule has 1 aromatic carbocycles. The maximum atomic E-state index is 14.1. The molecule has 0 radical (unpaired) electrons. The molecule has 1 aromatic rings. The fourth-order valence-electron chi connectivity index (χ4n) is 2.76. The van der Waals surface area contributed by atoms with Gasteiger partial charge in [0.1, 0.15) is 5.82 Å². The van der Waals surface area contributed by atoms with Crippen molar-refractivity contribution in [2.45, 2.75) is 19.4 Å². The van der Waals surface area contributed by atoms with Crippen molar-refractivity contribution in [3.8, 4) is 0 Å². The Labute approximate surface area is 125 Å². The number of aliphatic hydroxyl groups is 1. The maximum Gasteiger partial charge on any atom is 0.129 e. The van der Waals surface area contributed by atoms with Gasteiger partial charge in [-0.1, -0.05) is 6.07 Å². The van der Waals surface area contributed by atoms with Gasteiger partial charge in [-0.15, -0.1) is 0 Å². The van der Waals surface area contributed by atoms with E-state index in [4.69, 9.17) is 4.74 Å². The zero-order chi connectivity index (χ0) is 15.1. The first-order chi connectivity index (χ1) is 10.3. The van der Waals surface area contributed by atoms with E-state index in [1.165, 1.54) is 6.07 Å². The molecule has 0 saturated carbocycles. The van der Waals surface area contributed by atoms with E-state index in [9.17, 15) is 9.50 Å². The van der Waals surface area contributed by atoms with Crippen LogP contribution in [0.4, 0.5) is 10.1 Å². The summed E-state index contributed by atoms with van der Waals surface area (Å²) < 4.78 is 19.1. The molecule has 0 bridgehead atoms. The molecule has 0 atom stereocenters. The number of piperidine rings is 1. The molecule has 2 rings (SSSR count). The van der Waals surface area contributed by atoms with Crippen LogP contribution in [0.25, 0.3) is 0 Å². The highest BCUT2D eigenvalue weighted by Gasteiger charge is 2.21. The topological polar surface area (TPSA) is 44.7 Å². The molecule has 1 aliphatic heterocycles. The van der Waals surface area contributed by atoms with Crippen molar-refractivity contribution in [3.05, 3.63) is 29.6 Å². The van der Waals surface area contributed by atoms with Crippen molar-refractivity contribution in [1.82, 2.24) is 5.32 Å². The molecule has 4 nitrogen and oxygen atoms in total. The molecular formula is C16H25FN2O2. The van der Waals surface area contributed by atoms with Gasteiger partial charge in [0.05, 0.1) is 6.61 Å². The number of nitrogens with one attached hydrogen (secondary N) is 1. The molecule has 1 heterocycles. The van der Waals surface area contributed by atoms with Crippen LogP contribution in [0.3, 0.4) is 0 Å². The summed E-state index contributed by atoms with van der Waals surface area (Å²) in [5.74, 6) is 0.222. The van der Waals surface area contributed by atoms with E-state index in [1.807, 2.05) is 6.07 Å². The average Bonchev–Trinajstić information content (AvgIpc) is 2.53. The summed E-state index contributed by atoms with van der Waals surface area (Å²) in [4.78, 5) is 2.22. The van der Waals surface area contributed by atoms with Gasteiger partial charge in [-0.25, -0.2) is 4.39 Å². The molecule has 118 valence electrons. The molecule has 1 aliphatic rings. The van der Waals surface area contributed by atoms with E-state index in [1.54, 1.807) is 13.2 Å². The van der Waals surface area contributed by atoms with E-state index in [2.05, 4.69) is 10.2 Å². The van der Waals surface area contributed by atoms with Crippen molar-refractivity contribution >= 4 is 5.69 Å². The lowest BCUT2D eigenvalue weighted by Gasteiger charge is -2.34. The van der Waals surface area contributed by atoms with Gasteiger partial charge in [0.15, 0.2) is 0 Å². The molecule has 2 N–H and O–H groups in total. The highest BCUT2D eigenvalue weighted by molar-refractivity contribution is 5.54. The highest BCUT2D eigenvalue weighted by Crippen LogP contribution is 2.27. The van der Waals surface area contributed by atoms with Gasteiger partial charge in [0, 0.05) is 51.1 Å². The lowest BCUT2D eigenvalue weighted by Crippen LogP contribution is -2.36. The van der Waals surface area contributed by atoms with Crippen LogP contribution in [-0.2, 0) is 11.3 Å². The number of methoxy groups -OCH3 is 1. The average molecular weight is 296 g/mol. The Bertz CT molecular complexity index is 434. The lowest BCUT2D eigenvalue weighted by atomic mass is 9.97. The summed E-state index contributed by atoms with van der Waals surface area (Å²) in [7, 11) is 1.65. The summed E-state index contributed by atoms with van der Waals surface area (Å²) in [5, 5.41) is 12.4. The minimum Gasteiger partial charge on any atom is -0.396 e. The molecule has 1 fully saturated rings. The Morgan fingerprint density at radius 3 is 2.81 bits per heavy atom. The smallest absolute Gasteiger partial charge is 0.129 e. The van der Waals surface area contributed by atoms with Crippen LogP contribution in [0.2, 0.25) is 0 Å². The molecule has 5 heteroatoms. The zero-order valence-corrected chi connectivity index (χ0v) is 12.6. The predicted molar refractivity (Wildman–Crippen MR) is 82.0 cm³/mol. The first kappa shape index (κ1) is 16.2. The van der Waals surface area contributed by atoms with Gasteiger partial charge < -0.3 is 20.1 Å². The first-order valence-electron chi connectivity index (χ1n) is 7.59. The number of ether oxygens (including phenoxy) is 1. The second kappa shape index (κ2) is 8.32. The minimum absolute atomic E-state index is 0.165. The number of hydrogen-bond donors (Lipinski definition) is 2. The summed E-state index contributed by atoms with van der Waals surface area (Å²) in [6.45, 7) is 3.83. The van der Waals surface area contributed by atoms with E-state index in [0.29, 0.717) is 25.6 Å². The molecule has 0 amide bonds. The van der Waals surface area contributed by atoms with Crippen LogP contribution in [0.15, 0.2) is 18.2 Å². The van der Waals surface area contributed by atoms with Gasteiger partial charge in [0.25, 0.3) is 0 Å². The third kappa shape index (κ3) is 4.40. The van der Waals surface area contributed by atoms with Crippen LogP contribution >= 0.6 is 0 Å². The standard InChI is InChI=1S/C16H25FN2O2/c1-21-10-7-18-11-14-15(17)3-2-4-16(14)19-8-5-13(12-20)6-9-19/h2-4,13,18,20H,5-12H2,1H3. The van der Waals surface area contributed by atoms with Crippen molar-refractivity contribution < 1.29 is 14.2 Å². The van der Waals surface area contributed by atoms with Crippen LogP contribution < -0.4 is 10.2 Å². The number of nitrogens with zero attached hydrogens (tertiary/aromatic N) is 1. The number of aliphatic hydroxyl groups excluding tert-OH is 1. The number of halogens is 1. The van der Waals surface area contributed by atoms with Crippen LogP contribution in [0.1, 0.15) is 18.4 Å². The zero-order valence-electron chi connectivity index (χ0n) is 12.6. The van der Waals surface area contributed by atoms with E-state index in [-0.39, 0.29) is 12.4 Å².